The Hall–Kier alpha value is -2.82. The number of carbonyl (C=O) groups is 2. The summed E-state index contributed by atoms with van der Waals surface area (Å²) in [5, 5.41) is 0. The van der Waals surface area contributed by atoms with Gasteiger partial charge in [0.1, 0.15) is 5.75 Å². The van der Waals surface area contributed by atoms with Gasteiger partial charge in [0.15, 0.2) is 0 Å². The second-order valence-corrected chi connectivity index (χ2v) is 6.98. The Kier molecular flexibility index (Phi) is 5.79. The normalized spacial score (nSPS) is 14.2. The molecule has 0 radical (unpaired) electrons. The minimum absolute atomic E-state index is 0.0422. The van der Waals surface area contributed by atoms with Crippen LogP contribution >= 0.6 is 0 Å². The Morgan fingerprint density at radius 2 is 1.63 bits per heavy atom. The molecule has 2 aromatic carbocycles. The largest absolute Gasteiger partial charge is 0.496 e. The van der Waals surface area contributed by atoms with Crippen LogP contribution in [0.2, 0.25) is 0 Å². The van der Waals surface area contributed by atoms with Gasteiger partial charge in [-0.1, -0.05) is 35.9 Å². The van der Waals surface area contributed by atoms with Crippen molar-refractivity contribution in [3.63, 3.8) is 0 Å². The molecule has 1 aliphatic heterocycles. The smallest absolute Gasteiger partial charge is 0.254 e. The zero-order valence-electron chi connectivity index (χ0n) is 16.2. The molecule has 0 aromatic heterocycles. The lowest BCUT2D eigenvalue weighted by molar-refractivity contribution is -0.131. The van der Waals surface area contributed by atoms with Crippen molar-refractivity contribution in [1.29, 1.82) is 0 Å². The highest BCUT2D eigenvalue weighted by molar-refractivity contribution is 5.95. The Labute approximate surface area is 160 Å². The third-order valence-electron chi connectivity index (χ3n) is 5.07. The topological polar surface area (TPSA) is 49.9 Å². The number of piperazine rings is 1. The van der Waals surface area contributed by atoms with E-state index >= 15 is 0 Å². The number of ether oxygens (including phenoxy) is 1. The van der Waals surface area contributed by atoms with E-state index in [9.17, 15) is 9.59 Å². The maximum Gasteiger partial charge on any atom is 0.254 e. The van der Waals surface area contributed by atoms with E-state index in [0.717, 1.165) is 28.0 Å². The van der Waals surface area contributed by atoms with Gasteiger partial charge in [-0.05, 0) is 31.5 Å². The van der Waals surface area contributed by atoms with E-state index in [0.29, 0.717) is 32.6 Å². The molecular weight excluding hydrogens is 340 g/mol. The number of benzene rings is 2. The van der Waals surface area contributed by atoms with Crippen LogP contribution in [0.5, 0.6) is 5.75 Å². The van der Waals surface area contributed by atoms with Crippen molar-refractivity contribution in [2.75, 3.05) is 33.3 Å². The molecule has 2 aromatic rings. The van der Waals surface area contributed by atoms with Crippen LogP contribution in [0.15, 0.2) is 42.5 Å². The first-order chi connectivity index (χ1) is 13.0. The van der Waals surface area contributed by atoms with Crippen molar-refractivity contribution < 1.29 is 14.3 Å². The van der Waals surface area contributed by atoms with Crippen LogP contribution in [0, 0.1) is 13.8 Å². The summed E-state index contributed by atoms with van der Waals surface area (Å²) in [5.41, 5.74) is 3.72. The average Bonchev–Trinajstić information content (AvgIpc) is 2.68. The molecule has 0 atom stereocenters. The van der Waals surface area contributed by atoms with E-state index in [1.165, 1.54) is 0 Å². The van der Waals surface area contributed by atoms with Gasteiger partial charge in [0, 0.05) is 37.3 Å². The number of aryl methyl sites for hydroxylation is 2. The summed E-state index contributed by atoms with van der Waals surface area (Å²) in [4.78, 5) is 29.1. The molecule has 1 saturated heterocycles. The quantitative estimate of drug-likeness (QED) is 0.836. The van der Waals surface area contributed by atoms with Crippen molar-refractivity contribution in [2.45, 2.75) is 20.3 Å². The molecule has 27 heavy (non-hydrogen) atoms. The van der Waals surface area contributed by atoms with Crippen molar-refractivity contribution >= 4 is 11.8 Å². The van der Waals surface area contributed by atoms with Gasteiger partial charge in [0.05, 0.1) is 13.5 Å². The summed E-state index contributed by atoms with van der Waals surface area (Å²) >= 11 is 0. The van der Waals surface area contributed by atoms with Crippen LogP contribution in [-0.4, -0.2) is 54.9 Å². The van der Waals surface area contributed by atoms with E-state index in [-0.39, 0.29) is 11.8 Å². The summed E-state index contributed by atoms with van der Waals surface area (Å²) < 4.78 is 5.37. The summed E-state index contributed by atoms with van der Waals surface area (Å²) in [6.07, 6.45) is 0.316. The van der Waals surface area contributed by atoms with Gasteiger partial charge in [-0.15, -0.1) is 0 Å². The third kappa shape index (κ3) is 4.30. The molecule has 0 aliphatic carbocycles. The summed E-state index contributed by atoms with van der Waals surface area (Å²) in [7, 11) is 1.62. The number of amides is 2. The second kappa shape index (κ2) is 8.25. The Morgan fingerprint density at radius 1 is 0.963 bits per heavy atom. The van der Waals surface area contributed by atoms with Gasteiger partial charge in [-0.3, -0.25) is 9.59 Å². The van der Waals surface area contributed by atoms with Gasteiger partial charge >= 0.3 is 0 Å². The molecule has 0 bridgehead atoms. The van der Waals surface area contributed by atoms with E-state index in [2.05, 4.69) is 0 Å². The lowest BCUT2D eigenvalue weighted by atomic mass is 10.1. The molecule has 1 fully saturated rings. The maximum absolute atomic E-state index is 12.7. The zero-order valence-corrected chi connectivity index (χ0v) is 16.2. The van der Waals surface area contributed by atoms with E-state index in [1.807, 2.05) is 66.1 Å². The van der Waals surface area contributed by atoms with Crippen LogP contribution < -0.4 is 4.74 Å². The van der Waals surface area contributed by atoms with Gasteiger partial charge in [-0.2, -0.15) is 0 Å². The van der Waals surface area contributed by atoms with Crippen LogP contribution in [0.25, 0.3) is 0 Å². The van der Waals surface area contributed by atoms with Crippen molar-refractivity contribution in [1.82, 2.24) is 9.80 Å². The predicted molar refractivity (Wildman–Crippen MR) is 105 cm³/mol. The highest BCUT2D eigenvalue weighted by Crippen LogP contribution is 2.21. The number of hydrogen-bond acceptors (Lipinski definition) is 3. The van der Waals surface area contributed by atoms with E-state index in [4.69, 9.17) is 4.74 Å². The SMILES string of the molecule is COc1ccc(C)cc1CC(=O)N1CCN(C(=O)c2ccccc2C)CC1. The lowest BCUT2D eigenvalue weighted by Crippen LogP contribution is -2.51. The maximum atomic E-state index is 12.7. The van der Waals surface area contributed by atoms with Crippen molar-refractivity contribution in [3.05, 3.63) is 64.7 Å². The zero-order chi connectivity index (χ0) is 19.4. The molecule has 3 rings (SSSR count). The lowest BCUT2D eigenvalue weighted by Gasteiger charge is -2.35. The highest BCUT2D eigenvalue weighted by atomic mass is 16.5. The molecule has 1 aliphatic rings. The van der Waals surface area contributed by atoms with Gasteiger partial charge < -0.3 is 14.5 Å². The van der Waals surface area contributed by atoms with E-state index in [1.54, 1.807) is 7.11 Å². The predicted octanol–water partition coefficient (Wildman–Crippen LogP) is 2.84. The molecule has 5 heteroatoms. The first kappa shape index (κ1) is 19.0. The van der Waals surface area contributed by atoms with E-state index < -0.39 is 0 Å². The molecule has 5 nitrogen and oxygen atoms in total. The number of nitrogens with zero attached hydrogens (tertiary/aromatic N) is 2. The Balaban J connectivity index is 1.61. The van der Waals surface area contributed by atoms with Gasteiger partial charge in [-0.25, -0.2) is 0 Å². The summed E-state index contributed by atoms with van der Waals surface area (Å²) in [5.74, 6) is 0.852. The fourth-order valence-electron chi connectivity index (χ4n) is 3.46. The van der Waals surface area contributed by atoms with Crippen LogP contribution in [0.4, 0.5) is 0 Å². The van der Waals surface area contributed by atoms with Crippen LogP contribution in [0.3, 0.4) is 0 Å². The fraction of sp³-hybridized carbons (Fsp3) is 0.364. The first-order valence-electron chi connectivity index (χ1n) is 9.26. The van der Waals surface area contributed by atoms with Crippen LogP contribution in [-0.2, 0) is 11.2 Å². The second-order valence-electron chi connectivity index (χ2n) is 6.98. The minimum Gasteiger partial charge on any atom is -0.496 e. The minimum atomic E-state index is 0.0422. The third-order valence-corrected chi connectivity index (χ3v) is 5.07. The van der Waals surface area contributed by atoms with Gasteiger partial charge in [0.25, 0.3) is 5.91 Å². The average molecular weight is 366 g/mol. The number of methoxy groups -OCH3 is 1. The number of carbonyl (C=O) groups excluding carboxylic acids is 2. The van der Waals surface area contributed by atoms with Crippen molar-refractivity contribution in [3.8, 4) is 5.75 Å². The highest BCUT2D eigenvalue weighted by Gasteiger charge is 2.26. The van der Waals surface area contributed by atoms with Crippen LogP contribution in [0.1, 0.15) is 27.0 Å². The number of hydrogen-bond donors (Lipinski definition) is 0. The monoisotopic (exact) mass is 366 g/mol. The Bertz CT molecular complexity index is 839. The standard InChI is InChI=1S/C22H26N2O3/c1-16-8-9-20(27-3)18(14-16)15-21(25)23-10-12-24(13-11-23)22(26)19-7-5-4-6-17(19)2/h4-9,14H,10-13,15H2,1-3H3. The number of rotatable bonds is 4. The first-order valence-corrected chi connectivity index (χ1v) is 9.26. The van der Waals surface area contributed by atoms with Gasteiger partial charge in [0.2, 0.25) is 5.91 Å². The molecule has 142 valence electrons. The molecule has 0 saturated carbocycles. The Morgan fingerprint density at radius 3 is 2.30 bits per heavy atom. The molecule has 0 unspecified atom stereocenters. The molecule has 0 spiro atoms. The molecule has 2 amide bonds. The molecule has 1 heterocycles. The summed E-state index contributed by atoms with van der Waals surface area (Å²) in [6.45, 7) is 6.19. The summed E-state index contributed by atoms with van der Waals surface area (Å²) in [6, 6.07) is 13.5. The molecular formula is C22H26N2O3. The van der Waals surface area contributed by atoms with Crippen molar-refractivity contribution in [2.24, 2.45) is 0 Å². The molecule has 0 N–H and O–H groups in total. The fourth-order valence-corrected chi connectivity index (χ4v) is 3.46.